The molecule has 0 aromatic carbocycles. The molecule has 0 aliphatic carbocycles. The number of imide groups is 1. The Morgan fingerprint density at radius 1 is 1.33 bits per heavy atom. The minimum absolute atomic E-state index is 0.0994. The lowest BCUT2D eigenvalue weighted by Gasteiger charge is -2.17. The van der Waals surface area contributed by atoms with E-state index < -0.39 is 0 Å². The quantitative estimate of drug-likeness (QED) is 0.501. The fraction of sp³-hybridized carbons (Fsp3) is 0.556. The molecule has 2 amide bonds. The first-order valence-electron chi connectivity index (χ1n) is 4.03. The molecule has 2 atom stereocenters. The summed E-state index contributed by atoms with van der Waals surface area (Å²) in [5, 5.41) is 0. The molecule has 0 aromatic rings. The highest BCUT2D eigenvalue weighted by Crippen LogP contribution is 2.18. The fourth-order valence-corrected chi connectivity index (χ4v) is 1.15. The lowest BCUT2D eigenvalue weighted by molar-refractivity contribution is -0.142. The monoisotopic (exact) mass is 167 g/mol. The molecule has 1 heterocycles. The average molecular weight is 167 g/mol. The van der Waals surface area contributed by atoms with Crippen molar-refractivity contribution < 1.29 is 9.59 Å². The molecule has 0 aromatic heterocycles. The molecule has 12 heavy (non-hydrogen) atoms. The second-order valence-electron chi connectivity index (χ2n) is 3.24. The molecule has 1 aliphatic heterocycles. The van der Waals surface area contributed by atoms with Gasteiger partial charge in [-0.05, 0) is 12.0 Å². The van der Waals surface area contributed by atoms with Crippen LogP contribution in [0.3, 0.4) is 0 Å². The number of carbonyl (C=O) groups is 2. The largest absolute Gasteiger partial charge is 0.282 e. The van der Waals surface area contributed by atoms with Crippen molar-refractivity contribution >= 4 is 11.8 Å². The van der Waals surface area contributed by atoms with E-state index in [0.29, 0.717) is 0 Å². The number of hydrogen-bond acceptors (Lipinski definition) is 2. The number of likely N-dealkylation sites (N-methyl/N-ethyl adjacent to an activating group) is 1. The summed E-state index contributed by atoms with van der Waals surface area (Å²) in [6.07, 6.45) is 3.25. The maximum Gasteiger partial charge on any atom is 0.252 e. The highest BCUT2D eigenvalue weighted by atomic mass is 16.2. The normalized spacial score (nSPS) is 30.8. The summed E-state index contributed by atoms with van der Waals surface area (Å²) in [4.78, 5) is 23.7. The zero-order valence-corrected chi connectivity index (χ0v) is 7.57. The highest BCUT2D eigenvalue weighted by Gasteiger charge is 2.27. The van der Waals surface area contributed by atoms with Crippen LogP contribution in [0.5, 0.6) is 0 Å². The third-order valence-corrected chi connectivity index (χ3v) is 2.38. The Morgan fingerprint density at radius 2 is 1.92 bits per heavy atom. The molecule has 2 unspecified atom stereocenters. The van der Waals surface area contributed by atoms with Crippen LogP contribution in [-0.4, -0.2) is 23.8 Å². The van der Waals surface area contributed by atoms with Gasteiger partial charge in [0.05, 0.1) is 0 Å². The molecule has 3 nitrogen and oxygen atoms in total. The SMILES string of the molecule is CC1C=CC(=O)N(C)C(=O)C1C. The Labute approximate surface area is 72.0 Å². The molecule has 66 valence electrons. The summed E-state index contributed by atoms with van der Waals surface area (Å²) in [6, 6.07) is 0. The van der Waals surface area contributed by atoms with Gasteiger partial charge in [0.1, 0.15) is 0 Å². The van der Waals surface area contributed by atoms with Gasteiger partial charge in [-0.3, -0.25) is 14.5 Å². The summed E-state index contributed by atoms with van der Waals surface area (Å²) in [5.74, 6) is -0.280. The van der Waals surface area contributed by atoms with E-state index >= 15 is 0 Å². The van der Waals surface area contributed by atoms with Crippen LogP contribution in [0.4, 0.5) is 0 Å². The van der Waals surface area contributed by atoms with Gasteiger partial charge < -0.3 is 0 Å². The molecule has 0 saturated heterocycles. The van der Waals surface area contributed by atoms with E-state index in [1.165, 1.54) is 18.0 Å². The van der Waals surface area contributed by atoms with Crippen molar-refractivity contribution in [2.45, 2.75) is 13.8 Å². The topological polar surface area (TPSA) is 37.4 Å². The van der Waals surface area contributed by atoms with Gasteiger partial charge in [0.2, 0.25) is 5.91 Å². The Bertz CT molecular complexity index is 245. The summed E-state index contributed by atoms with van der Waals surface area (Å²) in [5.41, 5.74) is 0. The van der Waals surface area contributed by atoms with E-state index in [0.717, 1.165) is 0 Å². The second kappa shape index (κ2) is 3.09. The van der Waals surface area contributed by atoms with Gasteiger partial charge >= 0.3 is 0 Å². The maximum absolute atomic E-state index is 11.4. The molecule has 0 N–H and O–H groups in total. The van der Waals surface area contributed by atoms with Crippen molar-refractivity contribution in [3.05, 3.63) is 12.2 Å². The molecular formula is C9H13NO2. The number of rotatable bonds is 0. The van der Waals surface area contributed by atoms with Crippen molar-refractivity contribution in [1.29, 1.82) is 0 Å². The first-order valence-corrected chi connectivity index (χ1v) is 4.03. The van der Waals surface area contributed by atoms with Crippen molar-refractivity contribution in [2.75, 3.05) is 7.05 Å². The van der Waals surface area contributed by atoms with E-state index in [4.69, 9.17) is 0 Å². The van der Waals surface area contributed by atoms with Crippen molar-refractivity contribution in [1.82, 2.24) is 4.90 Å². The Kier molecular flexibility index (Phi) is 2.31. The summed E-state index contributed by atoms with van der Waals surface area (Å²) >= 11 is 0. The predicted octanol–water partition coefficient (Wildman–Crippen LogP) is 0.813. The van der Waals surface area contributed by atoms with Crippen LogP contribution >= 0.6 is 0 Å². The maximum atomic E-state index is 11.4. The number of nitrogens with zero attached hydrogens (tertiary/aromatic N) is 1. The third-order valence-electron chi connectivity index (χ3n) is 2.38. The predicted molar refractivity (Wildman–Crippen MR) is 45.2 cm³/mol. The van der Waals surface area contributed by atoms with Gasteiger partial charge in [-0.1, -0.05) is 19.9 Å². The van der Waals surface area contributed by atoms with Gasteiger partial charge in [-0.25, -0.2) is 0 Å². The van der Waals surface area contributed by atoms with E-state index in [-0.39, 0.29) is 23.7 Å². The average Bonchev–Trinajstić information content (AvgIpc) is 2.14. The van der Waals surface area contributed by atoms with Crippen molar-refractivity contribution in [3.8, 4) is 0 Å². The first-order chi connectivity index (χ1) is 5.54. The van der Waals surface area contributed by atoms with Crippen molar-refractivity contribution in [3.63, 3.8) is 0 Å². The fourth-order valence-electron chi connectivity index (χ4n) is 1.15. The lowest BCUT2D eigenvalue weighted by Crippen LogP contribution is -2.35. The zero-order valence-electron chi connectivity index (χ0n) is 7.57. The van der Waals surface area contributed by atoms with Crippen LogP contribution in [0.25, 0.3) is 0 Å². The first kappa shape index (κ1) is 8.97. The van der Waals surface area contributed by atoms with Crippen LogP contribution in [0.15, 0.2) is 12.2 Å². The minimum atomic E-state index is -0.226. The molecule has 0 fully saturated rings. The lowest BCUT2D eigenvalue weighted by atomic mass is 9.95. The van der Waals surface area contributed by atoms with E-state index in [2.05, 4.69) is 0 Å². The molecule has 0 saturated carbocycles. The van der Waals surface area contributed by atoms with E-state index in [9.17, 15) is 9.59 Å². The van der Waals surface area contributed by atoms with Crippen molar-refractivity contribution in [2.24, 2.45) is 11.8 Å². The molecule has 3 heteroatoms. The molecule has 0 radical (unpaired) electrons. The van der Waals surface area contributed by atoms with E-state index in [1.807, 2.05) is 13.8 Å². The highest BCUT2D eigenvalue weighted by molar-refractivity contribution is 6.02. The number of hydrogen-bond donors (Lipinski definition) is 0. The summed E-state index contributed by atoms with van der Waals surface area (Å²) in [7, 11) is 1.52. The van der Waals surface area contributed by atoms with Crippen LogP contribution in [-0.2, 0) is 9.59 Å². The zero-order chi connectivity index (χ0) is 9.30. The van der Waals surface area contributed by atoms with Crippen LogP contribution in [0, 0.1) is 11.8 Å². The molecule has 0 spiro atoms. The summed E-state index contributed by atoms with van der Waals surface area (Å²) in [6.45, 7) is 3.78. The molecular weight excluding hydrogens is 154 g/mol. The number of carbonyl (C=O) groups excluding carboxylic acids is 2. The van der Waals surface area contributed by atoms with Gasteiger partial charge in [-0.15, -0.1) is 0 Å². The van der Waals surface area contributed by atoms with Crippen LogP contribution in [0.1, 0.15) is 13.8 Å². The number of amides is 2. The van der Waals surface area contributed by atoms with Crippen LogP contribution in [0.2, 0.25) is 0 Å². The number of allylic oxidation sites excluding steroid dienone is 1. The third kappa shape index (κ3) is 1.40. The summed E-state index contributed by atoms with van der Waals surface area (Å²) < 4.78 is 0. The van der Waals surface area contributed by atoms with Gasteiger partial charge in [0, 0.05) is 13.0 Å². The van der Waals surface area contributed by atoms with Crippen LogP contribution < -0.4 is 0 Å². The Balaban J connectivity index is 2.94. The van der Waals surface area contributed by atoms with E-state index in [1.54, 1.807) is 6.08 Å². The Morgan fingerprint density at radius 3 is 2.50 bits per heavy atom. The van der Waals surface area contributed by atoms with Gasteiger partial charge in [-0.2, -0.15) is 0 Å². The molecule has 1 rings (SSSR count). The Hall–Kier alpha value is -1.12. The minimum Gasteiger partial charge on any atom is -0.282 e. The smallest absolute Gasteiger partial charge is 0.252 e. The van der Waals surface area contributed by atoms with Gasteiger partial charge in [0.25, 0.3) is 5.91 Å². The second-order valence-corrected chi connectivity index (χ2v) is 3.24. The standard InChI is InChI=1S/C9H13NO2/c1-6-4-5-8(11)10(3)9(12)7(6)2/h4-7H,1-3H3. The molecule has 0 bridgehead atoms. The van der Waals surface area contributed by atoms with Gasteiger partial charge in [0.15, 0.2) is 0 Å². The molecule has 1 aliphatic rings.